The summed E-state index contributed by atoms with van der Waals surface area (Å²) in [5.41, 5.74) is 0.896. The zero-order valence-electron chi connectivity index (χ0n) is 15.2. The molecule has 1 aromatic heterocycles. The highest BCUT2D eigenvalue weighted by molar-refractivity contribution is 6.34. The van der Waals surface area contributed by atoms with Crippen LogP contribution in [0, 0.1) is 0 Å². The van der Waals surface area contributed by atoms with E-state index in [2.05, 4.69) is 15.8 Å². The molecule has 2 N–H and O–H groups in total. The maximum atomic E-state index is 12.2. The number of carbonyl (C=O) groups is 1. The highest BCUT2D eigenvalue weighted by atomic mass is 35.5. The molecule has 2 aromatic carbocycles. The van der Waals surface area contributed by atoms with Gasteiger partial charge in [-0.05, 0) is 36.4 Å². The highest BCUT2D eigenvalue weighted by Gasteiger charge is 2.26. The molecule has 0 atom stereocenters. The topological polar surface area (TPSA) is 76.4 Å². The van der Waals surface area contributed by atoms with Crippen molar-refractivity contribution in [3.63, 3.8) is 0 Å². The van der Waals surface area contributed by atoms with Crippen molar-refractivity contribution < 1.29 is 14.1 Å². The number of urea groups is 1. The Labute approximate surface area is 162 Å². The lowest BCUT2D eigenvalue weighted by molar-refractivity contribution is 0.261. The predicted molar refractivity (Wildman–Crippen MR) is 106 cm³/mol. The molecule has 140 valence electrons. The van der Waals surface area contributed by atoms with Gasteiger partial charge >= 0.3 is 6.03 Å². The van der Waals surface area contributed by atoms with E-state index in [1.165, 1.54) is 0 Å². The molecular weight excluding hydrogens is 366 g/mol. The van der Waals surface area contributed by atoms with Crippen molar-refractivity contribution in [1.82, 2.24) is 5.16 Å². The lowest BCUT2D eigenvalue weighted by Gasteiger charge is -2.14. The van der Waals surface area contributed by atoms with Gasteiger partial charge in [-0.1, -0.05) is 55.7 Å². The summed E-state index contributed by atoms with van der Waals surface area (Å²) in [6.07, 6.45) is 0. The number of anilines is 2. The number of benzene rings is 2. The van der Waals surface area contributed by atoms with E-state index in [1.54, 1.807) is 24.3 Å². The van der Waals surface area contributed by atoms with Crippen LogP contribution in [-0.4, -0.2) is 11.2 Å². The molecule has 3 aromatic rings. The highest BCUT2D eigenvalue weighted by Crippen LogP contribution is 2.34. The third kappa shape index (κ3) is 4.80. The zero-order chi connectivity index (χ0) is 19.4. The number of amides is 2. The van der Waals surface area contributed by atoms with Crippen molar-refractivity contribution in [3.05, 3.63) is 65.3 Å². The SMILES string of the molecule is CC(C)(C)c1noc(NC(=O)Nc2ccc(Oc3ccccc3)cc2)c1Cl. The molecule has 27 heavy (non-hydrogen) atoms. The summed E-state index contributed by atoms with van der Waals surface area (Å²) in [5, 5.41) is 9.50. The summed E-state index contributed by atoms with van der Waals surface area (Å²) in [5.74, 6) is 1.52. The second kappa shape index (κ2) is 7.72. The van der Waals surface area contributed by atoms with E-state index in [0.717, 1.165) is 5.75 Å². The fourth-order valence-corrected chi connectivity index (χ4v) is 2.72. The molecule has 0 aliphatic heterocycles. The molecule has 0 saturated carbocycles. The van der Waals surface area contributed by atoms with E-state index < -0.39 is 6.03 Å². The summed E-state index contributed by atoms with van der Waals surface area (Å²) >= 11 is 6.24. The largest absolute Gasteiger partial charge is 0.457 e. The van der Waals surface area contributed by atoms with E-state index >= 15 is 0 Å². The Balaban J connectivity index is 1.61. The molecule has 0 aliphatic carbocycles. The second-order valence-electron chi connectivity index (χ2n) is 6.94. The molecule has 2 amide bonds. The minimum Gasteiger partial charge on any atom is -0.457 e. The number of hydrogen-bond donors (Lipinski definition) is 2. The number of rotatable bonds is 4. The maximum absolute atomic E-state index is 12.2. The Morgan fingerprint density at radius 2 is 1.63 bits per heavy atom. The molecule has 0 unspecified atom stereocenters. The van der Waals surface area contributed by atoms with E-state index in [0.29, 0.717) is 22.2 Å². The lowest BCUT2D eigenvalue weighted by Crippen LogP contribution is -2.19. The lowest BCUT2D eigenvalue weighted by atomic mass is 9.92. The van der Waals surface area contributed by atoms with Gasteiger partial charge in [-0.3, -0.25) is 5.32 Å². The Morgan fingerprint density at radius 3 is 2.22 bits per heavy atom. The Bertz CT molecular complexity index is 916. The van der Waals surface area contributed by atoms with Crippen LogP contribution in [0.4, 0.5) is 16.4 Å². The molecule has 0 fully saturated rings. The minimum absolute atomic E-state index is 0.114. The minimum atomic E-state index is -0.481. The van der Waals surface area contributed by atoms with E-state index in [1.807, 2.05) is 51.1 Å². The first-order valence-electron chi connectivity index (χ1n) is 8.39. The molecule has 0 saturated heterocycles. The van der Waals surface area contributed by atoms with Crippen LogP contribution in [0.5, 0.6) is 11.5 Å². The summed E-state index contributed by atoms with van der Waals surface area (Å²) < 4.78 is 10.9. The molecular formula is C20H20ClN3O3. The van der Waals surface area contributed by atoms with Crippen LogP contribution in [0.25, 0.3) is 0 Å². The van der Waals surface area contributed by atoms with Crippen molar-refractivity contribution >= 4 is 29.2 Å². The molecule has 0 bridgehead atoms. The first-order valence-corrected chi connectivity index (χ1v) is 8.77. The van der Waals surface area contributed by atoms with Gasteiger partial charge in [-0.2, -0.15) is 0 Å². The van der Waals surface area contributed by atoms with Crippen LogP contribution in [-0.2, 0) is 5.41 Å². The molecule has 7 heteroatoms. The predicted octanol–water partition coefficient (Wildman–Crippen LogP) is 6.06. The number of hydrogen-bond acceptors (Lipinski definition) is 4. The summed E-state index contributed by atoms with van der Waals surface area (Å²) in [7, 11) is 0. The fourth-order valence-electron chi connectivity index (χ4n) is 2.32. The average molecular weight is 386 g/mol. The first kappa shape index (κ1) is 18.8. The third-order valence-electron chi connectivity index (χ3n) is 3.66. The van der Waals surface area contributed by atoms with Crippen molar-refractivity contribution in [3.8, 4) is 11.5 Å². The number of aromatic nitrogens is 1. The monoisotopic (exact) mass is 385 g/mol. The number of carbonyl (C=O) groups excluding carboxylic acids is 1. The van der Waals surface area contributed by atoms with Crippen LogP contribution in [0.1, 0.15) is 26.5 Å². The van der Waals surface area contributed by atoms with E-state index in [-0.39, 0.29) is 11.3 Å². The number of nitrogens with zero attached hydrogens (tertiary/aromatic N) is 1. The Kier molecular flexibility index (Phi) is 5.37. The van der Waals surface area contributed by atoms with Crippen molar-refractivity contribution in [2.24, 2.45) is 0 Å². The standard InChI is InChI=1S/C20H20ClN3O3/c1-20(2,3)17-16(21)18(27-24-17)23-19(25)22-13-9-11-15(12-10-13)26-14-7-5-4-6-8-14/h4-12H,1-3H3,(H2,22,23,25). The van der Waals surface area contributed by atoms with Gasteiger partial charge in [0, 0.05) is 11.1 Å². The fraction of sp³-hybridized carbons (Fsp3) is 0.200. The summed E-state index contributed by atoms with van der Waals surface area (Å²) in [4.78, 5) is 12.2. The molecule has 0 aliphatic rings. The average Bonchev–Trinajstić information content (AvgIpc) is 2.98. The molecule has 0 radical (unpaired) electrons. The zero-order valence-corrected chi connectivity index (χ0v) is 16.0. The van der Waals surface area contributed by atoms with Crippen molar-refractivity contribution in [2.45, 2.75) is 26.2 Å². The summed E-state index contributed by atoms with van der Waals surface area (Å²) in [6, 6.07) is 16.0. The normalized spacial score (nSPS) is 11.1. The van der Waals surface area contributed by atoms with Gasteiger partial charge < -0.3 is 14.6 Å². The van der Waals surface area contributed by atoms with Gasteiger partial charge in [0.05, 0.1) is 0 Å². The van der Waals surface area contributed by atoms with E-state index in [4.69, 9.17) is 20.9 Å². The number of halogens is 1. The van der Waals surface area contributed by atoms with Crippen LogP contribution >= 0.6 is 11.6 Å². The van der Waals surface area contributed by atoms with Gasteiger partial charge in [0.15, 0.2) is 0 Å². The number of ether oxygens (including phenoxy) is 1. The molecule has 1 heterocycles. The Hall–Kier alpha value is -2.99. The van der Waals surface area contributed by atoms with Crippen LogP contribution in [0.3, 0.4) is 0 Å². The maximum Gasteiger partial charge on any atom is 0.326 e. The second-order valence-corrected chi connectivity index (χ2v) is 7.32. The van der Waals surface area contributed by atoms with Gasteiger partial charge in [0.25, 0.3) is 5.88 Å². The van der Waals surface area contributed by atoms with Crippen LogP contribution in [0.2, 0.25) is 5.02 Å². The molecule has 0 spiro atoms. The quantitative estimate of drug-likeness (QED) is 0.572. The van der Waals surface area contributed by atoms with Gasteiger partial charge in [0.1, 0.15) is 22.2 Å². The first-order chi connectivity index (χ1) is 12.8. The number of para-hydroxylation sites is 1. The van der Waals surface area contributed by atoms with Crippen molar-refractivity contribution in [2.75, 3.05) is 10.6 Å². The van der Waals surface area contributed by atoms with Gasteiger partial charge in [0.2, 0.25) is 0 Å². The Morgan fingerprint density at radius 1 is 1.00 bits per heavy atom. The number of nitrogens with one attached hydrogen (secondary N) is 2. The van der Waals surface area contributed by atoms with E-state index in [9.17, 15) is 4.79 Å². The van der Waals surface area contributed by atoms with Gasteiger partial charge in [-0.15, -0.1) is 0 Å². The van der Waals surface area contributed by atoms with Crippen molar-refractivity contribution in [1.29, 1.82) is 0 Å². The molecule has 6 nitrogen and oxygen atoms in total. The van der Waals surface area contributed by atoms with Gasteiger partial charge in [-0.25, -0.2) is 4.79 Å². The van der Waals surface area contributed by atoms with Crippen LogP contribution in [0.15, 0.2) is 59.1 Å². The van der Waals surface area contributed by atoms with Crippen LogP contribution < -0.4 is 15.4 Å². The smallest absolute Gasteiger partial charge is 0.326 e. The summed E-state index contributed by atoms with van der Waals surface area (Å²) in [6.45, 7) is 5.87. The third-order valence-corrected chi connectivity index (χ3v) is 4.01. The molecule has 3 rings (SSSR count).